The number of aromatic nitrogens is 2. The highest BCUT2D eigenvalue weighted by molar-refractivity contribution is 4.94. The van der Waals surface area contributed by atoms with Crippen LogP contribution in [0.15, 0.2) is 12.5 Å². The smallest absolute Gasteiger partial charge is 0.0922 e. The quantitative estimate of drug-likeness (QED) is 0.786. The lowest BCUT2D eigenvalue weighted by molar-refractivity contribution is 0.219. The number of piperidine rings is 1. The summed E-state index contributed by atoms with van der Waals surface area (Å²) in [6.45, 7) is 7.54. The molecule has 1 aliphatic heterocycles. The van der Waals surface area contributed by atoms with Gasteiger partial charge in [-0.05, 0) is 25.9 Å². The summed E-state index contributed by atoms with van der Waals surface area (Å²) >= 11 is 0. The molecule has 1 aromatic heterocycles. The molecule has 0 unspecified atom stereocenters. The summed E-state index contributed by atoms with van der Waals surface area (Å²) in [5.41, 5.74) is 1.23. The zero-order valence-corrected chi connectivity index (χ0v) is 9.29. The number of aromatic amines is 1. The van der Waals surface area contributed by atoms with E-state index < -0.39 is 0 Å². The molecule has 3 nitrogen and oxygen atoms in total. The van der Waals surface area contributed by atoms with Gasteiger partial charge in [-0.1, -0.05) is 20.3 Å². The third-order valence-corrected chi connectivity index (χ3v) is 2.40. The van der Waals surface area contributed by atoms with Gasteiger partial charge in [0.25, 0.3) is 0 Å². The Labute approximate surface area is 86.5 Å². The van der Waals surface area contributed by atoms with Crippen LogP contribution in [0.3, 0.4) is 0 Å². The standard InChI is InChI=1S/C9H15N3.C2H6/c1-2-4-12(5-3-1)7-9-6-10-8-11-9;1-2/h6,8H,1-5,7H2,(H,10,11);1-2H3. The Bertz CT molecular complexity index is 212. The van der Waals surface area contributed by atoms with Gasteiger partial charge in [0.2, 0.25) is 0 Å². The summed E-state index contributed by atoms with van der Waals surface area (Å²) in [6.07, 6.45) is 7.77. The summed E-state index contributed by atoms with van der Waals surface area (Å²) in [7, 11) is 0. The zero-order valence-electron chi connectivity index (χ0n) is 9.29. The van der Waals surface area contributed by atoms with E-state index in [1.807, 2.05) is 20.0 Å². The van der Waals surface area contributed by atoms with Gasteiger partial charge in [-0.15, -0.1) is 0 Å². The van der Waals surface area contributed by atoms with Gasteiger partial charge in [0.15, 0.2) is 0 Å². The van der Waals surface area contributed by atoms with Gasteiger partial charge in [0, 0.05) is 18.4 Å². The molecule has 1 saturated heterocycles. The fourth-order valence-electron chi connectivity index (χ4n) is 1.73. The first-order valence-electron chi connectivity index (χ1n) is 5.65. The van der Waals surface area contributed by atoms with Crippen molar-refractivity contribution in [2.75, 3.05) is 13.1 Å². The fourth-order valence-corrected chi connectivity index (χ4v) is 1.73. The third kappa shape index (κ3) is 3.50. The molecule has 0 bridgehead atoms. The molecule has 0 saturated carbocycles. The van der Waals surface area contributed by atoms with Crippen LogP contribution in [0.4, 0.5) is 0 Å². The number of imidazole rings is 1. The first-order chi connectivity index (χ1) is 6.95. The maximum atomic E-state index is 4.01. The van der Waals surface area contributed by atoms with Crippen molar-refractivity contribution in [3.05, 3.63) is 18.2 Å². The number of hydrogen-bond donors (Lipinski definition) is 1. The van der Waals surface area contributed by atoms with Gasteiger partial charge in [0.1, 0.15) is 0 Å². The maximum absolute atomic E-state index is 4.01. The van der Waals surface area contributed by atoms with Crippen molar-refractivity contribution in [3.63, 3.8) is 0 Å². The summed E-state index contributed by atoms with van der Waals surface area (Å²) in [4.78, 5) is 9.62. The predicted octanol–water partition coefficient (Wildman–Crippen LogP) is 2.42. The molecule has 0 amide bonds. The van der Waals surface area contributed by atoms with Crippen LogP contribution in [-0.4, -0.2) is 28.0 Å². The van der Waals surface area contributed by atoms with Crippen LogP contribution < -0.4 is 0 Å². The fraction of sp³-hybridized carbons (Fsp3) is 0.727. The lowest BCUT2D eigenvalue weighted by Gasteiger charge is -2.25. The molecular weight excluding hydrogens is 174 g/mol. The maximum Gasteiger partial charge on any atom is 0.0922 e. The Balaban J connectivity index is 0.000000461. The van der Waals surface area contributed by atoms with Crippen molar-refractivity contribution in [1.29, 1.82) is 0 Å². The molecule has 0 spiro atoms. The molecule has 80 valence electrons. The second-order valence-corrected chi connectivity index (χ2v) is 3.41. The van der Waals surface area contributed by atoms with E-state index in [0.29, 0.717) is 0 Å². The third-order valence-electron chi connectivity index (χ3n) is 2.40. The van der Waals surface area contributed by atoms with Gasteiger partial charge in [-0.2, -0.15) is 0 Å². The first kappa shape index (κ1) is 11.2. The Morgan fingerprint density at radius 3 is 2.57 bits per heavy atom. The number of nitrogens with zero attached hydrogens (tertiary/aromatic N) is 2. The normalized spacial score (nSPS) is 17.3. The van der Waals surface area contributed by atoms with E-state index >= 15 is 0 Å². The van der Waals surface area contributed by atoms with Crippen molar-refractivity contribution < 1.29 is 0 Å². The van der Waals surface area contributed by atoms with Crippen molar-refractivity contribution in [2.24, 2.45) is 0 Å². The first-order valence-corrected chi connectivity index (χ1v) is 5.65. The minimum atomic E-state index is 1.04. The second kappa shape index (κ2) is 6.60. The second-order valence-electron chi connectivity index (χ2n) is 3.41. The van der Waals surface area contributed by atoms with Crippen LogP contribution in [0, 0.1) is 0 Å². The van der Waals surface area contributed by atoms with Gasteiger partial charge in [-0.3, -0.25) is 4.90 Å². The van der Waals surface area contributed by atoms with Crippen molar-refractivity contribution in [1.82, 2.24) is 14.9 Å². The number of likely N-dealkylation sites (tertiary alicyclic amines) is 1. The summed E-state index contributed by atoms with van der Waals surface area (Å²) in [6, 6.07) is 0. The molecule has 2 heterocycles. The van der Waals surface area contributed by atoms with E-state index in [4.69, 9.17) is 0 Å². The summed E-state index contributed by atoms with van der Waals surface area (Å²) in [5.74, 6) is 0. The number of H-pyrrole nitrogens is 1. The van der Waals surface area contributed by atoms with Gasteiger partial charge in [0.05, 0.1) is 6.33 Å². The van der Waals surface area contributed by atoms with Crippen LogP contribution in [0.2, 0.25) is 0 Å². The van der Waals surface area contributed by atoms with E-state index in [2.05, 4.69) is 14.9 Å². The highest BCUT2D eigenvalue weighted by Crippen LogP contribution is 2.10. The van der Waals surface area contributed by atoms with Gasteiger partial charge >= 0.3 is 0 Å². The monoisotopic (exact) mass is 195 g/mol. The lowest BCUT2D eigenvalue weighted by atomic mass is 10.1. The van der Waals surface area contributed by atoms with E-state index in [9.17, 15) is 0 Å². The van der Waals surface area contributed by atoms with Crippen LogP contribution in [0.5, 0.6) is 0 Å². The molecule has 0 radical (unpaired) electrons. The molecule has 0 atom stereocenters. The van der Waals surface area contributed by atoms with Crippen LogP contribution >= 0.6 is 0 Å². The molecule has 1 aliphatic rings. The highest BCUT2D eigenvalue weighted by atomic mass is 15.1. The predicted molar refractivity (Wildman–Crippen MR) is 59.1 cm³/mol. The van der Waals surface area contributed by atoms with Crippen molar-refractivity contribution >= 4 is 0 Å². The number of hydrogen-bond acceptors (Lipinski definition) is 2. The van der Waals surface area contributed by atoms with Crippen LogP contribution in [-0.2, 0) is 6.54 Å². The molecule has 0 aliphatic carbocycles. The van der Waals surface area contributed by atoms with Crippen molar-refractivity contribution in [3.8, 4) is 0 Å². The van der Waals surface area contributed by atoms with Crippen molar-refractivity contribution in [2.45, 2.75) is 39.7 Å². The van der Waals surface area contributed by atoms with E-state index in [0.717, 1.165) is 6.54 Å². The van der Waals surface area contributed by atoms with Crippen LogP contribution in [0.1, 0.15) is 38.8 Å². The Hall–Kier alpha value is -0.830. The molecule has 1 aromatic rings. The van der Waals surface area contributed by atoms with Gasteiger partial charge in [-0.25, -0.2) is 4.98 Å². The average molecular weight is 195 g/mol. The summed E-state index contributed by atoms with van der Waals surface area (Å²) < 4.78 is 0. The Morgan fingerprint density at radius 1 is 1.29 bits per heavy atom. The Kier molecular flexibility index (Phi) is 5.30. The van der Waals surface area contributed by atoms with E-state index in [1.54, 1.807) is 6.33 Å². The molecule has 3 heteroatoms. The molecule has 2 rings (SSSR count). The zero-order chi connectivity index (χ0) is 10.2. The van der Waals surface area contributed by atoms with E-state index in [-0.39, 0.29) is 0 Å². The molecule has 0 aromatic carbocycles. The number of nitrogens with one attached hydrogen (secondary N) is 1. The summed E-state index contributed by atoms with van der Waals surface area (Å²) in [5, 5.41) is 0. The topological polar surface area (TPSA) is 31.9 Å². The lowest BCUT2D eigenvalue weighted by Crippen LogP contribution is -2.29. The van der Waals surface area contributed by atoms with E-state index in [1.165, 1.54) is 38.0 Å². The Morgan fingerprint density at radius 2 is 2.00 bits per heavy atom. The number of rotatable bonds is 2. The molecule has 1 fully saturated rings. The molecular formula is C11H21N3. The SMILES string of the molecule is CC.c1ncc(CN2CCCCC2)[nH]1. The average Bonchev–Trinajstić information content (AvgIpc) is 2.75. The molecule has 1 N–H and O–H groups in total. The van der Waals surface area contributed by atoms with Gasteiger partial charge < -0.3 is 4.98 Å². The van der Waals surface area contributed by atoms with Crippen LogP contribution in [0.25, 0.3) is 0 Å². The highest BCUT2D eigenvalue weighted by Gasteiger charge is 2.10. The molecule has 14 heavy (non-hydrogen) atoms. The minimum Gasteiger partial charge on any atom is -0.347 e. The minimum absolute atomic E-state index is 1.04. The largest absolute Gasteiger partial charge is 0.347 e.